The lowest BCUT2D eigenvalue weighted by molar-refractivity contribution is 0.250. The van der Waals surface area contributed by atoms with E-state index in [0.717, 1.165) is 6.42 Å². The Labute approximate surface area is 90.5 Å². The van der Waals surface area contributed by atoms with Crippen LogP contribution in [-0.4, -0.2) is 29.1 Å². The van der Waals surface area contributed by atoms with Gasteiger partial charge in [0.25, 0.3) is 0 Å². The lowest BCUT2D eigenvalue weighted by Gasteiger charge is -2.22. The second-order valence-corrected chi connectivity index (χ2v) is 4.76. The van der Waals surface area contributed by atoms with Crippen molar-refractivity contribution in [3.05, 3.63) is 29.3 Å². The van der Waals surface area contributed by atoms with E-state index in [0.29, 0.717) is 11.8 Å². The van der Waals surface area contributed by atoms with Crippen LogP contribution >= 0.6 is 0 Å². The number of aromatic hydroxyl groups is 1. The molecule has 0 bridgehead atoms. The molecule has 3 rings (SSSR count). The zero-order valence-electron chi connectivity index (χ0n) is 8.95. The number of hydrogen-bond donors (Lipinski definition) is 1. The zero-order chi connectivity index (χ0) is 10.3. The molecule has 0 saturated carbocycles. The highest BCUT2D eigenvalue weighted by Gasteiger charge is 2.28. The molecular formula is C13H17NO. The third-order valence-electron chi connectivity index (χ3n) is 3.76. The Balaban J connectivity index is 1.79. The first-order valence-electron chi connectivity index (χ1n) is 5.88. The molecule has 0 unspecified atom stereocenters. The van der Waals surface area contributed by atoms with Crippen LogP contribution in [-0.2, 0) is 12.8 Å². The SMILES string of the molecule is Oc1ccc2c(c1)C[C@H](N1CCCC1)C2. The minimum absolute atomic E-state index is 0.413. The summed E-state index contributed by atoms with van der Waals surface area (Å²) in [5, 5.41) is 9.43. The topological polar surface area (TPSA) is 23.5 Å². The van der Waals surface area contributed by atoms with Crippen molar-refractivity contribution in [1.29, 1.82) is 0 Å². The number of nitrogens with zero attached hydrogens (tertiary/aromatic N) is 1. The van der Waals surface area contributed by atoms with Crippen molar-refractivity contribution < 1.29 is 5.11 Å². The predicted molar refractivity (Wildman–Crippen MR) is 60.1 cm³/mol. The first-order chi connectivity index (χ1) is 7.33. The first-order valence-corrected chi connectivity index (χ1v) is 5.88. The van der Waals surface area contributed by atoms with Crippen LogP contribution in [0.4, 0.5) is 0 Å². The smallest absolute Gasteiger partial charge is 0.115 e. The van der Waals surface area contributed by atoms with E-state index in [-0.39, 0.29) is 0 Å². The van der Waals surface area contributed by atoms with Crippen molar-refractivity contribution in [2.75, 3.05) is 13.1 Å². The fourth-order valence-electron chi connectivity index (χ4n) is 2.95. The fourth-order valence-corrected chi connectivity index (χ4v) is 2.95. The normalized spacial score (nSPS) is 25.7. The largest absolute Gasteiger partial charge is 0.508 e. The van der Waals surface area contributed by atoms with Crippen LogP contribution in [0, 0.1) is 0 Å². The van der Waals surface area contributed by atoms with Gasteiger partial charge in [0.05, 0.1) is 0 Å². The molecule has 2 aliphatic rings. The van der Waals surface area contributed by atoms with E-state index < -0.39 is 0 Å². The number of benzene rings is 1. The van der Waals surface area contributed by atoms with E-state index in [1.54, 1.807) is 0 Å². The Bertz CT molecular complexity index is 369. The maximum Gasteiger partial charge on any atom is 0.115 e. The lowest BCUT2D eigenvalue weighted by atomic mass is 10.1. The Kier molecular flexibility index (Phi) is 2.17. The van der Waals surface area contributed by atoms with Gasteiger partial charge in [-0.1, -0.05) is 6.07 Å². The summed E-state index contributed by atoms with van der Waals surface area (Å²) in [6, 6.07) is 6.53. The Hall–Kier alpha value is -1.02. The monoisotopic (exact) mass is 203 g/mol. The lowest BCUT2D eigenvalue weighted by Crippen LogP contribution is -2.33. The van der Waals surface area contributed by atoms with Gasteiger partial charge in [0, 0.05) is 6.04 Å². The third-order valence-corrected chi connectivity index (χ3v) is 3.76. The van der Waals surface area contributed by atoms with Crippen LogP contribution in [0.3, 0.4) is 0 Å². The summed E-state index contributed by atoms with van der Waals surface area (Å²) in [7, 11) is 0. The molecule has 1 N–H and O–H groups in total. The van der Waals surface area contributed by atoms with Gasteiger partial charge in [-0.05, 0) is 62.0 Å². The highest BCUT2D eigenvalue weighted by Crippen LogP contribution is 2.29. The van der Waals surface area contributed by atoms with Gasteiger partial charge in [-0.2, -0.15) is 0 Å². The molecule has 1 heterocycles. The van der Waals surface area contributed by atoms with Gasteiger partial charge in [0.1, 0.15) is 5.75 Å². The summed E-state index contributed by atoms with van der Waals surface area (Å²) < 4.78 is 0. The molecule has 80 valence electrons. The van der Waals surface area contributed by atoms with Crippen molar-refractivity contribution in [3.63, 3.8) is 0 Å². The molecule has 1 fully saturated rings. The van der Waals surface area contributed by atoms with Crippen LogP contribution in [0.2, 0.25) is 0 Å². The highest BCUT2D eigenvalue weighted by molar-refractivity contribution is 5.39. The summed E-state index contributed by atoms with van der Waals surface area (Å²) in [6.45, 7) is 2.54. The highest BCUT2D eigenvalue weighted by atomic mass is 16.3. The molecule has 1 atom stereocenters. The van der Waals surface area contributed by atoms with E-state index >= 15 is 0 Å². The molecule has 1 aliphatic heterocycles. The van der Waals surface area contributed by atoms with E-state index in [4.69, 9.17) is 0 Å². The summed E-state index contributed by atoms with van der Waals surface area (Å²) in [5.74, 6) is 0.413. The number of likely N-dealkylation sites (tertiary alicyclic amines) is 1. The van der Waals surface area contributed by atoms with E-state index in [9.17, 15) is 5.11 Å². The summed E-state index contributed by atoms with van der Waals surface area (Å²) in [4.78, 5) is 2.61. The molecule has 1 aromatic rings. The molecule has 1 aromatic carbocycles. The van der Waals surface area contributed by atoms with Crippen molar-refractivity contribution in [1.82, 2.24) is 4.90 Å². The average molecular weight is 203 g/mol. The third kappa shape index (κ3) is 1.63. The van der Waals surface area contributed by atoms with Crippen molar-refractivity contribution >= 4 is 0 Å². The molecule has 15 heavy (non-hydrogen) atoms. The van der Waals surface area contributed by atoms with Crippen LogP contribution < -0.4 is 0 Å². The first kappa shape index (κ1) is 9.22. The molecule has 0 amide bonds. The Morgan fingerprint density at radius 2 is 1.80 bits per heavy atom. The number of phenolic OH excluding ortho intramolecular Hbond substituents is 1. The number of hydrogen-bond acceptors (Lipinski definition) is 2. The predicted octanol–water partition coefficient (Wildman–Crippen LogP) is 1.96. The molecular weight excluding hydrogens is 186 g/mol. The molecule has 2 nitrogen and oxygen atoms in total. The Morgan fingerprint density at radius 3 is 2.60 bits per heavy atom. The van der Waals surface area contributed by atoms with E-state index in [1.165, 1.54) is 43.5 Å². The summed E-state index contributed by atoms with van der Waals surface area (Å²) in [6.07, 6.45) is 5.02. The van der Waals surface area contributed by atoms with Crippen molar-refractivity contribution in [3.8, 4) is 5.75 Å². The molecule has 0 spiro atoms. The second-order valence-electron chi connectivity index (χ2n) is 4.76. The minimum atomic E-state index is 0.413. The maximum absolute atomic E-state index is 9.43. The van der Waals surface area contributed by atoms with Gasteiger partial charge in [0.2, 0.25) is 0 Å². The molecule has 1 aliphatic carbocycles. The second kappa shape index (κ2) is 3.53. The van der Waals surface area contributed by atoms with Crippen molar-refractivity contribution in [2.24, 2.45) is 0 Å². The van der Waals surface area contributed by atoms with Crippen LogP contribution in [0.25, 0.3) is 0 Å². The van der Waals surface area contributed by atoms with Gasteiger partial charge < -0.3 is 5.11 Å². The zero-order valence-corrected chi connectivity index (χ0v) is 8.95. The van der Waals surface area contributed by atoms with Crippen molar-refractivity contribution in [2.45, 2.75) is 31.7 Å². The molecule has 2 heteroatoms. The van der Waals surface area contributed by atoms with Gasteiger partial charge in [-0.15, -0.1) is 0 Å². The minimum Gasteiger partial charge on any atom is -0.508 e. The molecule has 0 radical (unpaired) electrons. The van der Waals surface area contributed by atoms with Gasteiger partial charge >= 0.3 is 0 Å². The van der Waals surface area contributed by atoms with E-state index in [1.807, 2.05) is 12.1 Å². The van der Waals surface area contributed by atoms with Crippen LogP contribution in [0.5, 0.6) is 5.75 Å². The molecule has 1 saturated heterocycles. The quantitative estimate of drug-likeness (QED) is 0.754. The van der Waals surface area contributed by atoms with Gasteiger partial charge in [-0.3, -0.25) is 4.90 Å². The molecule has 0 aromatic heterocycles. The van der Waals surface area contributed by atoms with Crippen LogP contribution in [0.1, 0.15) is 24.0 Å². The summed E-state index contributed by atoms with van der Waals surface area (Å²) >= 11 is 0. The number of phenols is 1. The van der Waals surface area contributed by atoms with Crippen LogP contribution in [0.15, 0.2) is 18.2 Å². The average Bonchev–Trinajstić information content (AvgIpc) is 2.84. The van der Waals surface area contributed by atoms with E-state index in [2.05, 4.69) is 11.0 Å². The fraction of sp³-hybridized carbons (Fsp3) is 0.538. The van der Waals surface area contributed by atoms with Gasteiger partial charge in [0.15, 0.2) is 0 Å². The number of rotatable bonds is 1. The standard InChI is InChI=1S/C13H17NO/c15-13-4-3-10-7-12(8-11(10)9-13)14-5-1-2-6-14/h3-4,9,12,15H,1-2,5-8H2/t12-/m1/s1. The summed E-state index contributed by atoms with van der Waals surface area (Å²) in [5.41, 5.74) is 2.79. The Morgan fingerprint density at radius 1 is 1.07 bits per heavy atom. The maximum atomic E-state index is 9.43. The van der Waals surface area contributed by atoms with Gasteiger partial charge in [-0.25, -0.2) is 0 Å². The number of fused-ring (bicyclic) bond motifs is 1.